The molecule has 29 heavy (non-hydrogen) atoms. The van der Waals surface area contributed by atoms with Crippen LogP contribution in [0.3, 0.4) is 0 Å². The van der Waals surface area contributed by atoms with E-state index in [-0.39, 0.29) is 17.1 Å². The Bertz CT molecular complexity index is 1220. The van der Waals surface area contributed by atoms with Crippen LogP contribution >= 0.6 is 0 Å². The molecule has 0 fully saturated rings. The third kappa shape index (κ3) is 3.64. The molecule has 0 spiro atoms. The summed E-state index contributed by atoms with van der Waals surface area (Å²) >= 11 is 0. The van der Waals surface area contributed by atoms with Gasteiger partial charge in [0.25, 0.3) is 5.91 Å². The number of hydrogen-bond acceptors (Lipinski definition) is 4. The monoisotopic (exact) mass is 401 g/mol. The van der Waals surface area contributed by atoms with Gasteiger partial charge in [0, 0.05) is 5.56 Å². The highest BCUT2D eigenvalue weighted by Crippen LogP contribution is 2.28. The van der Waals surface area contributed by atoms with Gasteiger partial charge in [0.05, 0.1) is 11.9 Å². The zero-order chi connectivity index (χ0) is 20.6. The number of hydrogen-bond donors (Lipinski definition) is 1. The number of anilines is 1. The lowest BCUT2D eigenvalue weighted by Crippen LogP contribution is -2.17. The van der Waals surface area contributed by atoms with Crippen molar-refractivity contribution in [3.05, 3.63) is 78.0 Å². The molecule has 0 saturated heterocycles. The number of fused-ring (bicyclic) bond motifs is 1. The van der Waals surface area contributed by atoms with E-state index in [1.54, 1.807) is 12.1 Å². The van der Waals surface area contributed by atoms with Gasteiger partial charge in [0.2, 0.25) is 0 Å². The molecular weight excluding hydrogens is 390 g/mol. The molecule has 0 aliphatic heterocycles. The highest BCUT2D eigenvalue weighted by atomic mass is 19.4. The maximum absolute atomic E-state index is 14.1. The van der Waals surface area contributed by atoms with Crippen LogP contribution in [0.15, 0.2) is 60.8 Å². The standard InChI is InChI=1S/C19H11F4N5O/c20-12-5-2-1-4-11(12)14-10-24-17-9-8-13(27-28(14)17)18(29)26-16-7-3-6-15(25-16)19(21,22)23/h1-10H,(H,25,26,29). The highest BCUT2D eigenvalue weighted by molar-refractivity contribution is 6.02. The maximum atomic E-state index is 14.1. The van der Waals surface area contributed by atoms with Crippen LogP contribution in [0.1, 0.15) is 16.2 Å². The number of carbonyl (C=O) groups excluding carboxylic acids is 1. The molecule has 0 unspecified atom stereocenters. The molecule has 0 aliphatic carbocycles. The molecule has 0 radical (unpaired) electrons. The van der Waals surface area contributed by atoms with E-state index in [4.69, 9.17) is 0 Å². The van der Waals surface area contributed by atoms with Crippen LogP contribution < -0.4 is 5.32 Å². The minimum absolute atomic E-state index is 0.104. The second-order valence-corrected chi connectivity index (χ2v) is 5.97. The van der Waals surface area contributed by atoms with Crippen LogP contribution in [-0.2, 0) is 6.18 Å². The molecule has 4 aromatic rings. The highest BCUT2D eigenvalue weighted by Gasteiger charge is 2.32. The van der Waals surface area contributed by atoms with Crippen molar-refractivity contribution in [3.8, 4) is 11.3 Å². The smallest absolute Gasteiger partial charge is 0.305 e. The van der Waals surface area contributed by atoms with E-state index < -0.39 is 23.6 Å². The SMILES string of the molecule is O=C(Nc1cccc(C(F)(F)F)n1)c1ccc2ncc(-c3ccccc3F)n2n1. The van der Waals surface area contributed by atoms with Crippen molar-refractivity contribution in [2.75, 3.05) is 5.32 Å². The molecule has 4 rings (SSSR count). The van der Waals surface area contributed by atoms with Crippen molar-refractivity contribution < 1.29 is 22.4 Å². The average molecular weight is 401 g/mol. The van der Waals surface area contributed by atoms with Crippen molar-refractivity contribution in [3.63, 3.8) is 0 Å². The molecule has 6 nitrogen and oxygen atoms in total. The Kier molecular flexibility index (Phi) is 4.45. The number of pyridine rings is 1. The average Bonchev–Trinajstić information content (AvgIpc) is 3.11. The summed E-state index contributed by atoms with van der Waals surface area (Å²) in [7, 11) is 0. The molecule has 0 saturated carbocycles. The Morgan fingerprint density at radius 3 is 2.55 bits per heavy atom. The molecule has 10 heteroatoms. The Hall–Kier alpha value is -3.82. The number of carbonyl (C=O) groups is 1. The first kappa shape index (κ1) is 18.5. The fourth-order valence-electron chi connectivity index (χ4n) is 2.69. The summed E-state index contributed by atoms with van der Waals surface area (Å²) in [5, 5.41) is 6.42. The summed E-state index contributed by atoms with van der Waals surface area (Å²) in [6, 6.07) is 12.0. The molecular formula is C19H11F4N5O. The molecule has 0 atom stereocenters. The minimum atomic E-state index is -4.64. The first-order chi connectivity index (χ1) is 13.8. The minimum Gasteiger partial charge on any atom is -0.305 e. The third-order valence-electron chi connectivity index (χ3n) is 4.03. The largest absolute Gasteiger partial charge is 0.433 e. The van der Waals surface area contributed by atoms with Crippen LogP contribution in [-0.4, -0.2) is 25.5 Å². The van der Waals surface area contributed by atoms with Gasteiger partial charge in [-0.05, 0) is 36.4 Å². The molecule has 146 valence electrons. The lowest BCUT2D eigenvalue weighted by Gasteiger charge is -2.09. The predicted octanol–water partition coefficient (Wildman–Crippen LogP) is 4.20. The van der Waals surface area contributed by atoms with E-state index in [0.29, 0.717) is 11.3 Å². The van der Waals surface area contributed by atoms with E-state index in [1.807, 2.05) is 0 Å². The van der Waals surface area contributed by atoms with Crippen LogP contribution in [0.25, 0.3) is 16.9 Å². The number of alkyl halides is 3. The Labute approximate surface area is 160 Å². The molecule has 1 N–H and O–H groups in total. The summed E-state index contributed by atoms with van der Waals surface area (Å²) < 4.78 is 53.7. The summed E-state index contributed by atoms with van der Waals surface area (Å²) in [5.41, 5.74) is -0.297. The van der Waals surface area contributed by atoms with Gasteiger partial charge < -0.3 is 5.32 Å². The first-order valence-corrected chi connectivity index (χ1v) is 8.28. The Morgan fingerprint density at radius 1 is 1.00 bits per heavy atom. The van der Waals surface area contributed by atoms with Crippen LogP contribution in [0, 0.1) is 5.82 Å². The van der Waals surface area contributed by atoms with Gasteiger partial charge in [-0.2, -0.15) is 18.3 Å². The van der Waals surface area contributed by atoms with Crippen molar-refractivity contribution in [2.24, 2.45) is 0 Å². The fraction of sp³-hybridized carbons (Fsp3) is 0.0526. The van der Waals surface area contributed by atoms with E-state index in [9.17, 15) is 22.4 Å². The number of rotatable bonds is 3. The van der Waals surface area contributed by atoms with Crippen molar-refractivity contribution in [1.29, 1.82) is 0 Å². The van der Waals surface area contributed by atoms with Crippen LogP contribution in [0.5, 0.6) is 0 Å². The quantitative estimate of drug-likeness (QED) is 0.523. The number of nitrogens with one attached hydrogen (secondary N) is 1. The maximum Gasteiger partial charge on any atom is 0.433 e. The predicted molar refractivity (Wildman–Crippen MR) is 95.6 cm³/mol. The summed E-state index contributed by atoms with van der Waals surface area (Å²) in [6.07, 6.45) is -3.22. The Balaban J connectivity index is 1.67. The van der Waals surface area contributed by atoms with Gasteiger partial charge >= 0.3 is 6.18 Å². The van der Waals surface area contributed by atoms with E-state index in [0.717, 1.165) is 12.1 Å². The zero-order valence-electron chi connectivity index (χ0n) is 14.5. The number of benzene rings is 1. The number of halogens is 4. The van der Waals surface area contributed by atoms with Gasteiger partial charge in [-0.15, -0.1) is 0 Å². The lowest BCUT2D eigenvalue weighted by atomic mass is 10.1. The number of imidazole rings is 1. The van der Waals surface area contributed by atoms with Crippen molar-refractivity contribution >= 4 is 17.4 Å². The van der Waals surface area contributed by atoms with E-state index in [2.05, 4.69) is 20.4 Å². The van der Waals surface area contributed by atoms with E-state index in [1.165, 1.54) is 41.0 Å². The van der Waals surface area contributed by atoms with Crippen molar-refractivity contribution in [2.45, 2.75) is 6.18 Å². The van der Waals surface area contributed by atoms with Gasteiger partial charge in [-0.3, -0.25) is 4.79 Å². The van der Waals surface area contributed by atoms with Gasteiger partial charge in [0.15, 0.2) is 5.65 Å². The van der Waals surface area contributed by atoms with E-state index >= 15 is 0 Å². The fourth-order valence-corrected chi connectivity index (χ4v) is 2.69. The van der Waals surface area contributed by atoms with Gasteiger partial charge in [-0.1, -0.05) is 18.2 Å². The normalized spacial score (nSPS) is 11.6. The summed E-state index contributed by atoms with van der Waals surface area (Å²) in [5.74, 6) is -1.53. The second-order valence-electron chi connectivity index (χ2n) is 5.97. The summed E-state index contributed by atoms with van der Waals surface area (Å²) in [4.78, 5) is 20.0. The van der Waals surface area contributed by atoms with Crippen LogP contribution in [0.4, 0.5) is 23.4 Å². The van der Waals surface area contributed by atoms with Gasteiger partial charge in [-0.25, -0.2) is 18.9 Å². The van der Waals surface area contributed by atoms with Crippen LogP contribution in [0.2, 0.25) is 0 Å². The zero-order valence-corrected chi connectivity index (χ0v) is 14.5. The molecule has 3 heterocycles. The molecule has 1 amide bonds. The Morgan fingerprint density at radius 2 is 1.79 bits per heavy atom. The number of nitrogens with zero attached hydrogens (tertiary/aromatic N) is 4. The first-order valence-electron chi connectivity index (χ1n) is 8.28. The second kappa shape index (κ2) is 6.97. The molecule has 3 aromatic heterocycles. The molecule has 0 bridgehead atoms. The lowest BCUT2D eigenvalue weighted by molar-refractivity contribution is -0.141. The number of aromatic nitrogens is 4. The third-order valence-corrected chi connectivity index (χ3v) is 4.03. The molecule has 0 aliphatic rings. The van der Waals surface area contributed by atoms with Gasteiger partial charge in [0.1, 0.15) is 23.0 Å². The number of amides is 1. The molecule has 1 aromatic carbocycles. The topological polar surface area (TPSA) is 72.2 Å². The van der Waals surface area contributed by atoms with Crippen molar-refractivity contribution in [1.82, 2.24) is 19.6 Å². The summed E-state index contributed by atoms with van der Waals surface area (Å²) in [6.45, 7) is 0.